The van der Waals surface area contributed by atoms with Crippen molar-refractivity contribution in [1.29, 1.82) is 0 Å². The summed E-state index contributed by atoms with van der Waals surface area (Å²) in [6, 6.07) is 12.2. The summed E-state index contributed by atoms with van der Waals surface area (Å²) in [5.41, 5.74) is 0.495. The summed E-state index contributed by atoms with van der Waals surface area (Å²) in [4.78, 5) is 26.0. The Hall–Kier alpha value is -3.79. The van der Waals surface area contributed by atoms with E-state index in [4.69, 9.17) is 21.4 Å². The Kier molecular flexibility index (Phi) is 5.38. The molecule has 0 spiro atoms. The van der Waals surface area contributed by atoms with Gasteiger partial charge in [-0.3, -0.25) is 20.2 Å². The van der Waals surface area contributed by atoms with Crippen molar-refractivity contribution in [2.75, 3.05) is 5.32 Å². The highest BCUT2D eigenvalue weighted by Crippen LogP contribution is 2.24. The monoisotopic (exact) mass is 384 g/mol. The fourth-order valence-corrected chi connectivity index (χ4v) is 2.24. The van der Waals surface area contributed by atoms with Crippen molar-refractivity contribution < 1.29 is 18.9 Å². The highest BCUT2D eigenvalue weighted by atomic mass is 32.1. The molecule has 0 saturated carbocycles. The number of benzene rings is 1. The van der Waals surface area contributed by atoms with Crippen LogP contribution in [0.2, 0.25) is 0 Å². The van der Waals surface area contributed by atoms with E-state index < -0.39 is 10.8 Å². The third-order valence-electron chi connectivity index (χ3n) is 3.24. The maximum atomic E-state index is 11.8. The van der Waals surface area contributed by atoms with Gasteiger partial charge in [-0.1, -0.05) is 0 Å². The van der Waals surface area contributed by atoms with Crippen LogP contribution < -0.4 is 15.4 Å². The largest absolute Gasteiger partial charge is 0.459 e. The Morgan fingerprint density at radius 3 is 2.67 bits per heavy atom. The van der Waals surface area contributed by atoms with Gasteiger partial charge in [0.25, 0.3) is 11.6 Å². The summed E-state index contributed by atoms with van der Waals surface area (Å²) in [7, 11) is 0. The molecule has 3 rings (SSSR count). The van der Waals surface area contributed by atoms with E-state index in [-0.39, 0.29) is 22.4 Å². The maximum Gasteiger partial charge on any atom is 0.293 e. The van der Waals surface area contributed by atoms with Gasteiger partial charge in [0.2, 0.25) is 5.88 Å². The lowest BCUT2D eigenvalue weighted by molar-refractivity contribution is -0.385. The van der Waals surface area contributed by atoms with Crippen LogP contribution in [0.25, 0.3) is 0 Å². The molecule has 2 aromatic heterocycles. The van der Waals surface area contributed by atoms with Crippen LogP contribution in [0.5, 0.6) is 11.6 Å². The first-order valence-electron chi connectivity index (χ1n) is 7.55. The molecule has 27 heavy (non-hydrogen) atoms. The second kappa shape index (κ2) is 8.06. The predicted molar refractivity (Wildman–Crippen MR) is 99.8 cm³/mol. The van der Waals surface area contributed by atoms with Crippen LogP contribution in [0, 0.1) is 10.1 Å². The van der Waals surface area contributed by atoms with Crippen molar-refractivity contribution in [3.63, 3.8) is 0 Å². The van der Waals surface area contributed by atoms with Crippen LogP contribution in [0.3, 0.4) is 0 Å². The Morgan fingerprint density at radius 1 is 1.22 bits per heavy atom. The van der Waals surface area contributed by atoms with Crippen molar-refractivity contribution in [2.24, 2.45) is 0 Å². The molecule has 1 aromatic carbocycles. The van der Waals surface area contributed by atoms with E-state index in [1.54, 1.807) is 30.3 Å². The lowest BCUT2D eigenvalue weighted by Gasteiger charge is -2.09. The number of nitrogens with zero attached hydrogens (tertiary/aromatic N) is 2. The minimum Gasteiger partial charge on any atom is -0.459 e. The molecule has 136 valence electrons. The maximum absolute atomic E-state index is 11.8. The number of carbonyl (C=O) groups excluding carboxylic acids is 1. The molecule has 0 unspecified atom stereocenters. The highest BCUT2D eigenvalue weighted by Gasteiger charge is 2.11. The summed E-state index contributed by atoms with van der Waals surface area (Å²) in [6.45, 7) is 0. The zero-order valence-electron chi connectivity index (χ0n) is 13.6. The number of pyridine rings is 1. The molecule has 10 heteroatoms. The summed E-state index contributed by atoms with van der Waals surface area (Å²) >= 11 is 5.07. The molecule has 0 saturated heterocycles. The van der Waals surface area contributed by atoms with Crippen LogP contribution in [0.4, 0.5) is 11.4 Å². The number of amides is 1. The molecule has 0 atom stereocenters. The number of aromatic nitrogens is 1. The smallest absolute Gasteiger partial charge is 0.293 e. The van der Waals surface area contributed by atoms with E-state index in [2.05, 4.69) is 15.6 Å². The van der Waals surface area contributed by atoms with Gasteiger partial charge in [0.15, 0.2) is 10.9 Å². The van der Waals surface area contributed by atoms with E-state index in [0.29, 0.717) is 11.4 Å². The Balaban J connectivity index is 1.58. The molecule has 9 nitrogen and oxygen atoms in total. The number of hydrogen-bond acceptors (Lipinski definition) is 7. The molecule has 3 aromatic rings. The van der Waals surface area contributed by atoms with Gasteiger partial charge in [0.05, 0.1) is 17.3 Å². The molecular weight excluding hydrogens is 372 g/mol. The lowest BCUT2D eigenvalue weighted by atomic mass is 10.3. The zero-order valence-corrected chi connectivity index (χ0v) is 14.4. The van der Waals surface area contributed by atoms with Crippen molar-refractivity contribution in [2.45, 2.75) is 0 Å². The van der Waals surface area contributed by atoms with Gasteiger partial charge in [-0.2, -0.15) is 0 Å². The zero-order chi connectivity index (χ0) is 19.2. The summed E-state index contributed by atoms with van der Waals surface area (Å²) in [5, 5.41) is 16.2. The Labute approximate surface area is 158 Å². The minimum absolute atomic E-state index is 0.102. The van der Waals surface area contributed by atoms with Crippen molar-refractivity contribution in [3.8, 4) is 11.6 Å². The third kappa shape index (κ3) is 4.86. The van der Waals surface area contributed by atoms with E-state index >= 15 is 0 Å². The number of hydrogen-bond donors (Lipinski definition) is 2. The molecule has 1 amide bonds. The summed E-state index contributed by atoms with van der Waals surface area (Å²) < 4.78 is 10.5. The van der Waals surface area contributed by atoms with Gasteiger partial charge in [-0.25, -0.2) is 4.98 Å². The van der Waals surface area contributed by atoms with Gasteiger partial charge in [-0.15, -0.1) is 0 Å². The average Bonchev–Trinajstić information content (AvgIpc) is 3.18. The van der Waals surface area contributed by atoms with Crippen LogP contribution in [-0.4, -0.2) is 20.9 Å². The number of anilines is 1. The van der Waals surface area contributed by atoms with E-state index in [9.17, 15) is 14.9 Å². The molecule has 0 bridgehead atoms. The number of nitro groups is 1. The second-order valence-electron chi connectivity index (χ2n) is 5.12. The standard InChI is InChI=1S/C17H12N4O5S/c22-16(14-2-1-9-25-14)20-17(27)19-11-3-5-13(6-4-11)26-15-10-12(21(23)24)7-8-18-15/h1-10H,(H2,19,20,22,27). The van der Waals surface area contributed by atoms with E-state index in [1.165, 1.54) is 30.7 Å². The quantitative estimate of drug-likeness (QED) is 0.390. The first-order valence-corrected chi connectivity index (χ1v) is 7.96. The molecule has 0 aliphatic heterocycles. The normalized spacial score (nSPS) is 10.1. The number of thiocarbonyl (C=S) groups is 1. The number of carbonyl (C=O) groups is 1. The minimum atomic E-state index is -0.528. The Bertz CT molecular complexity index is 973. The number of ether oxygens (including phenoxy) is 1. The first kappa shape index (κ1) is 18.0. The van der Waals surface area contributed by atoms with Gasteiger partial charge in [0, 0.05) is 18.0 Å². The Morgan fingerprint density at radius 2 is 2.00 bits per heavy atom. The molecule has 0 fully saturated rings. The van der Waals surface area contributed by atoms with Crippen molar-refractivity contribution >= 4 is 34.6 Å². The first-order chi connectivity index (χ1) is 13.0. The highest BCUT2D eigenvalue weighted by molar-refractivity contribution is 7.80. The van der Waals surface area contributed by atoms with Gasteiger partial charge in [-0.05, 0) is 48.6 Å². The van der Waals surface area contributed by atoms with E-state index in [0.717, 1.165) is 0 Å². The number of nitrogens with one attached hydrogen (secondary N) is 2. The van der Waals surface area contributed by atoms with Crippen LogP contribution in [0.15, 0.2) is 65.4 Å². The molecule has 2 heterocycles. The van der Waals surface area contributed by atoms with Crippen LogP contribution in [-0.2, 0) is 0 Å². The molecule has 0 aliphatic carbocycles. The second-order valence-corrected chi connectivity index (χ2v) is 5.53. The average molecular weight is 384 g/mol. The fourth-order valence-electron chi connectivity index (χ4n) is 2.03. The van der Waals surface area contributed by atoms with Crippen molar-refractivity contribution in [1.82, 2.24) is 10.3 Å². The van der Waals surface area contributed by atoms with Crippen molar-refractivity contribution in [3.05, 3.63) is 76.9 Å². The third-order valence-corrected chi connectivity index (χ3v) is 3.44. The van der Waals surface area contributed by atoms with Gasteiger partial charge in [0.1, 0.15) is 5.75 Å². The van der Waals surface area contributed by atoms with Gasteiger partial charge < -0.3 is 14.5 Å². The molecule has 0 radical (unpaired) electrons. The fraction of sp³-hybridized carbons (Fsp3) is 0. The number of rotatable bonds is 5. The number of furan rings is 1. The topological polar surface area (TPSA) is 120 Å². The molecule has 0 aliphatic rings. The van der Waals surface area contributed by atoms with Crippen LogP contribution >= 0.6 is 12.2 Å². The summed E-state index contributed by atoms with van der Waals surface area (Å²) in [6.07, 6.45) is 2.68. The lowest BCUT2D eigenvalue weighted by Crippen LogP contribution is -2.33. The molecular formula is C17H12N4O5S. The van der Waals surface area contributed by atoms with E-state index in [1.807, 2.05) is 0 Å². The summed E-state index contributed by atoms with van der Waals surface area (Å²) in [5.74, 6) is 0.215. The van der Waals surface area contributed by atoms with Crippen LogP contribution in [0.1, 0.15) is 10.6 Å². The SMILES string of the molecule is O=C(NC(=S)Nc1ccc(Oc2cc([N+](=O)[O-])ccn2)cc1)c1ccco1. The molecule has 2 N–H and O–H groups in total. The van der Waals surface area contributed by atoms with Gasteiger partial charge >= 0.3 is 0 Å². The predicted octanol–water partition coefficient (Wildman–Crippen LogP) is 3.50.